The van der Waals surface area contributed by atoms with Crippen molar-refractivity contribution in [3.8, 4) is 0 Å². The summed E-state index contributed by atoms with van der Waals surface area (Å²) in [5.41, 5.74) is 7.23. The van der Waals surface area contributed by atoms with Gasteiger partial charge >= 0.3 is 0 Å². The van der Waals surface area contributed by atoms with Crippen molar-refractivity contribution in [1.82, 2.24) is 4.90 Å². The second-order valence-electron chi connectivity index (χ2n) is 4.17. The normalized spacial score (nSPS) is 28.2. The lowest BCUT2D eigenvalue weighted by Gasteiger charge is -2.39. The van der Waals surface area contributed by atoms with Gasteiger partial charge in [-0.1, -0.05) is 6.08 Å². The first-order valence-corrected chi connectivity index (χ1v) is 5.57. The quantitative estimate of drug-likeness (QED) is 0.701. The Morgan fingerprint density at radius 2 is 2.23 bits per heavy atom. The van der Waals surface area contributed by atoms with Crippen LogP contribution in [0.1, 0.15) is 32.1 Å². The van der Waals surface area contributed by atoms with E-state index in [4.69, 9.17) is 5.73 Å². The predicted molar refractivity (Wildman–Crippen MR) is 55.3 cm³/mol. The minimum Gasteiger partial charge on any atom is -0.374 e. The number of nitrogens with zero attached hydrogens (tertiary/aromatic N) is 1. The molecule has 74 valence electrons. The van der Waals surface area contributed by atoms with Gasteiger partial charge in [0.1, 0.15) is 0 Å². The van der Waals surface area contributed by atoms with E-state index in [1.807, 2.05) is 0 Å². The second kappa shape index (κ2) is 4.14. The van der Waals surface area contributed by atoms with Crippen LogP contribution >= 0.6 is 0 Å². The van der Waals surface area contributed by atoms with Crippen molar-refractivity contribution in [2.24, 2.45) is 11.7 Å². The van der Waals surface area contributed by atoms with Gasteiger partial charge in [0.25, 0.3) is 0 Å². The van der Waals surface area contributed by atoms with Crippen LogP contribution in [0.3, 0.4) is 0 Å². The van der Waals surface area contributed by atoms with Gasteiger partial charge in [-0.05, 0) is 38.0 Å². The van der Waals surface area contributed by atoms with Gasteiger partial charge in [-0.15, -0.1) is 0 Å². The second-order valence-corrected chi connectivity index (χ2v) is 4.17. The van der Waals surface area contributed by atoms with Gasteiger partial charge < -0.3 is 10.6 Å². The Bertz CT molecular complexity index is 196. The summed E-state index contributed by atoms with van der Waals surface area (Å²) >= 11 is 0. The summed E-state index contributed by atoms with van der Waals surface area (Å²) < 4.78 is 0. The Labute approximate surface area is 80.8 Å². The lowest BCUT2D eigenvalue weighted by atomic mass is 9.85. The van der Waals surface area contributed by atoms with Gasteiger partial charge in [0.15, 0.2) is 0 Å². The van der Waals surface area contributed by atoms with Crippen molar-refractivity contribution < 1.29 is 0 Å². The average Bonchev–Trinajstić information content (AvgIpc) is 2.19. The van der Waals surface area contributed by atoms with Crippen molar-refractivity contribution in [3.05, 3.63) is 11.8 Å². The van der Waals surface area contributed by atoms with Crippen molar-refractivity contribution in [1.29, 1.82) is 0 Å². The van der Waals surface area contributed by atoms with Crippen LogP contribution in [0, 0.1) is 5.92 Å². The summed E-state index contributed by atoms with van der Waals surface area (Å²) in [6.45, 7) is 3.09. The van der Waals surface area contributed by atoms with E-state index in [9.17, 15) is 0 Å². The predicted octanol–water partition coefficient (Wildman–Crippen LogP) is 1.72. The van der Waals surface area contributed by atoms with Crippen LogP contribution in [-0.4, -0.2) is 24.5 Å². The highest BCUT2D eigenvalue weighted by Crippen LogP contribution is 2.34. The fourth-order valence-corrected chi connectivity index (χ4v) is 2.66. The number of hydrogen-bond acceptors (Lipinski definition) is 2. The maximum Gasteiger partial charge on any atom is 0.0298 e. The van der Waals surface area contributed by atoms with Crippen LogP contribution in [0.25, 0.3) is 0 Å². The maximum absolute atomic E-state index is 5.61. The first-order chi connectivity index (χ1) is 6.42. The first kappa shape index (κ1) is 9.07. The van der Waals surface area contributed by atoms with E-state index in [0.717, 1.165) is 19.0 Å². The zero-order valence-corrected chi connectivity index (χ0v) is 8.34. The van der Waals surface area contributed by atoms with Crippen molar-refractivity contribution >= 4 is 0 Å². The molecule has 1 saturated heterocycles. The first-order valence-electron chi connectivity index (χ1n) is 5.57. The number of rotatable bonds is 2. The average molecular weight is 180 g/mol. The fourth-order valence-electron chi connectivity index (χ4n) is 2.66. The number of nitrogens with two attached hydrogens (primary N) is 1. The molecule has 0 spiro atoms. The lowest BCUT2D eigenvalue weighted by molar-refractivity contribution is 0.228. The topological polar surface area (TPSA) is 29.3 Å². The molecule has 2 nitrogen and oxygen atoms in total. The maximum atomic E-state index is 5.61. The zero-order valence-electron chi connectivity index (χ0n) is 8.34. The highest BCUT2D eigenvalue weighted by molar-refractivity contribution is 5.11. The molecule has 1 heterocycles. The molecule has 1 atom stereocenters. The number of allylic oxidation sites excluding steroid dienone is 2. The summed E-state index contributed by atoms with van der Waals surface area (Å²) in [6, 6.07) is 0. The molecule has 13 heavy (non-hydrogen) atoms. The molecule has 0 amide bonds. The molecule has 1 aliphatic carbocycles. The third-order valence-corrected chi connectivity index (χ3v) is 3.27. The van der Waals surface area contributed by atoms with E-state index in [1.165, 1.54) is 38.6 Å². The van der Waals surface area contributed by atoms with Crippen LogP contribution in [-0.2, 0) is 0 Å². The number of likely N-dealkylation sites (tertiary alicyclic amines) is 1. The molecule has 1 aliphatic heterocycles. The molecule has 0 bridgehead atoms. The van der Waals surface area contributed by atoms with E-state index in [-0.39, 0.29) is 0 Å². The zero-order chi connectivity index (χ0) is 9.10. The van der Waals surface area contributed by atoms with E-state index >= 15 is 0 Å². The number of piperidine rings is 1. The number of hydrogen-bond donors (Lipinski definition) is 1. The molecule has 2 heteroatoms. The minimum atomic E-state index is 0.796. The molecule has 0 aromatic heterocycles. The van der Waals surface area contributed by atoms with Crippen molar-refractivity contribution in [2.45, 2.75) is 32.1 Å². The van der Waals surface area contributed by atoms with Crippen LogP contribution in [0.15, 0.2) is 11.8 Å². The van der Waals surface area contributed by atoms with Crippen molar-refractivity contribution in [2.75, 3.05) is 19.6 Å². The summed E-state index contributed by atoms with van der Waals surface area (Å²) in [5, 5.41) is 0. The van der Waals surface area contributed by atoms with E-state index in [2.05, 4.69) is 11.0 Å². The lowest BCUT2D eigenvalue weighted by Crippen LogP contribution is -2.37. The Hall–Kier alpha value is -0.500. The minimum absolute atomic E-state index is 0.796. The number of fused-ring (bicyclic) bond motifs is 1. The van der Waals surface area contributed by atoms with E-state index < -0.39 is 0 Å². The Morgan fingerprint density at radius 1 is 1.38 bits per heavy atom. The molecular formula is C11H20N2. The smallest absolute Gasteiger partial charge is 0.0298 e. The van der Waals surface area contributed by atoms with Crippen LogP contribution in [0.2, 0.25) is 0 Å². The van der Waals surface area contributed by atoms with E-state index in [1.54, 1.807) is 5.70 Å². The van der Waals surface area contributed by atoms with Crippen LogP contribution in [0.5, 0.6) is 0 Å². The molecule has 0 radical (unpaired) electrons. The van der Waals surface area contributed by atoms with Gasteiger partial charge in [-0.25, -0.2) is 0 Å². The highest BCUT2D eigenvalue weighted by Gasteiger charge is 2.25. The highest BCUT2D eigenvalue weighted by atomic mass is 15.2. The standard InChI is InChI=1S/C11H20N2/c12-7-9-13-8-3-5-10-4-1-2-6-11(10)13/h6,10H,1-5,7-9,12H2. The molecule has 2 aliphatic rings. The third kappa shape index (κ3) is 1.88. The van der Waals surface area contributed by atoms with Gasteiger partial charge in [-0.2, -0.15) is 0 Å². The third-order valence-electron chi connectivity index (χ3n) is 3.27. The molecule has 0 saturated carbocycles. The Kier molecular flexibility index (Phi) is 2.89. The summed E-state index contributed by atoms with van der Waals surface area (Å²) in [5.74, 6) is 0.869. The molecular weight excluding hydrogens is 160 g/mol. The van der Waals surface area contributed by atoms with Crippen LogP contribution < -0.4 is 5.73 Å². The van der Waals surface area contributed by atoms with Crippen LogP contribution in [0.4, 0.5) is 0 Å². The van der Waals surface area contributed by atoms with Crippen molar-refractivity contribution in [3.63, 3.8) is 0 Å². The molecule has 1 unspecified atom stereocenters. The molecule has 2 N–H and O–H groups in total. The van der Waals surface area contributed by atoms with Gasteiger partial charge in [0.05, 0.1) is 0 Å². The summed E-state index contributed by atoms with van der Waals surface area (Å²) in [4.78, 5) is 2.51. The molecule has 2 rings (SSSR count). The Morgan fingerprint density at radius 3 is 3.08 bits per heavy atom. The Balaban J connectivity index is 2.05. The van der Waals surface area contributed by atoms with E-state index in [0.29, 0.717) is 0 Å². The summed E-state index contributed by atoms with van der Waals surface area (Å²) in [7, 11) is 0. The van der Waals surface area contributed by atoms with Gasteiger partial charge in [0, 0.05) is 25.3 Å². The van der Waals surface area contributed by atoms with Gasteiger partial charge in [0.2, 0.25) is 0 Å². The SMILES string of the molecule is NCCN1CCCC2CCCC=C21. The largest absolute Gasteiger partial charge is 0.374 e. The summed E-state index contributed by atoms with van der Waals surface area (Å²) in [6.07, 6.45) is 9.31. The fraction of sp³-hybridized carbons (Fsp3) is 0.818. The monoisotopic (exact) mass is 180 g/mol. The van der Waals surface area contributed by atoms with Gasteiger partial charge in [-0.3, -0.25) is 0 Å². The molecule has 0 aromatic carbocycles. The molecule has 1 fully saturated rings. The molecule has 0 aromatic rings.